The van der Waals surface area contributed by atoms with Gasteiger partial charge in [0.15, 0.2) is 5.78 Å². The van der Waals surface area contributed by atoms with E-state index in [4.69, 9.17) is 9.47 Å². The molecular formula is C19H21NO3. The minimum Gasteiger partial charge on any atom is -0.497 e. The number of hydrogen-bond donors (Lipinski definition) is 1. The van der Waals surface area contributed by atoms with Crippen LogP contribution in [0, 0.1) is 13.8 Å². The van der Waals surface area contributed by atoms with E-state index in [2.05, 4.69) is 11.4 Å². The normalized spacial score (nSPS) is 10.6. The maximum atomic E-state index is 12.4. The molecule has 1 N–H and O–H groups in total. The number of ketones is 1. The summed E-state index contributed by atoms with van der Waals surface area (Å²) >= 11 is 0. The van der Waals surface area contributed by atoms with Crippen molar-refractivity contribution >= 4 is 11.5 Å². The van der Waals surface area contributed by atoms with E-state index in [-0.39, 0.29) is 5.78 Å². The topological polar surface area (TPSA) is 47.6 Å². The molecule has 0 radical (unpaired) electrons. The summed E-state index contributed by atoms with van der Waals surface area (Å²) in [6, 6.07) is 11.2. The Hall–Kier alpha value is -2.75. The van der Waals surface area contributed by atoms with Gasteiger partial charge in [-0.1, -0.05) is 17.7 Å². The molecule has 0 bridgehead atoms. The second-order valence-corrected chi connectivity index (χ2v) is 5.23. The molecule has 4 heteroatoms. The van der Waals surface area contributed by atoms with Crippen molar-refractivity contribution in [2.75, 3.05) is 19.5 Å². The number of carbonyl (C=O) groups excluding carboxylic acids is 1. The van der Waals surface area contributed by atoms with E-state index in [9.17, 15) is 4.79 Å². The van der Waals surface area contributed by atoms with Crippen molar-refractivity contribution in [1.29, 1.82) is 0 Å². The van der Waals surface area contributed by atoms with E-state index >= 15 is 0 Å². The summed E-state index contributed by atoms with van der Waals surface area (Å²) in [6.45, 7) is 4.07. The number of rotatable bonds is 6. The van der Waals surface area contributed by atoms with Gasteiger partial charge in [-0.05, 0) is 43.7 Å². The van der Waals surface area contributed by atoms with Gasteiger partial charge in [-0.3, -0.25) is 4.79 Å². The Morgan fingerprint density at radius 3 is 2.48 bits per heavy atom. The minimum atomic E-state index is -0.155. The van der Waals surface area contributed by atoms with Crippen LogP contribution in [0.15, 0.2) is 48.7 Å². The summed E-state index contributed by atoms with van der Waals surface area (Å²) in [6.07, 6.45) is 3.12. The summed E-state index contributed by atoms with van der Waals surface area (Å²) in [5.41, 5.74) is 3.76. The third-order valence-corrected chi connectivity index (χ3v) is 3.53. The highest BCUT2D eigenvalue weighted by atomic mass is 16.5. The Morgan fingerprint density at radius 1 is 1.04 bits per heavy atom. The SMILES string of the molecule is COc1ccc(OC)c(C(=O)C=CNc2ccc(C)cc2C)c1. The van der Waals surface area contributed by atoms with Crippen molar-refractivity contribution in [3.63, 3.8) is 0 Å². The average molecular weight is 311 g/mol. The third-order valence-electron chi connectivity index (χ3n) is 3.53. The molecule has 0 aromatic heterocycles. The summed E-state index contributed by atoms with van der Waals surface area (Å²) in [5, 5.41) is 3.13. The van der Waals surface area contributed by atoms with Crippen LogP contribution in [-0.4, -0.2) is 20.0 Å². The molecule has 2 aromatic rings. The number of allylic oxidation sites excluding steroid dienone is 1. The third kappa shape index (κ3) is 4.13. The van der Waals surface area contributed by atoms with E-state index in [1.54, 1.807) is 31.5 Å². The monoisotopic (exact) mass is 311 g/mol. The number of aryl methyl sites for hydroxylation is 2. The fourth-order valence-electron chi connectivity index (χ4n) is 2.28. The lowest BCUT2D eigenvalue weighted by molar-refractivity contribution is 0.104. The van der Waals surface area contributed by atoms with Gasteiger partial charge in [0, 0.05) is 18.0 Å². The largest absolute Gasteiger partial charge is 0.497 e. The van der Waals surface area contributed by atoms with Gasteiger partial charge in [0.1, 0.15) is 11.5 Å². The van der Waals surface area contributed by atoms with Crippen LogP contribution >= 0.6 is 0 Å². The lowest BCUT2D eigenvalue weighted by atomic mass is 10.1. The van der Waals surface area contributed by atoms with Gasteiger partial charge in [0.2, 0.25) is 0 Å². The Bertz CT molecular complexity index is 735. The molecule has 23 heavy (non-hydrogen) atoms. The van der Waals surface area contributed by atoms with Crippen molar-refractivity contribution in [1.82, 2.24) is 0 Å². The first-order valence-electron chi connectivity index (χ1n) is 7.32. The van der Waals surface area contributed by atoms with Crippen LogP contribution in [0.3, 0.4) is 0 Å². The van der Waals surface area contributed by atoms with Gasteiger partial charge >= 0.3 is 0 Å². The van der Waals surface area contributed by atoms with E-state index in [0.29, 0.717) is 17.1 Å². The lowest BCUT2D eigenvalue weighted by Crippen LogP contribution is -2.01. The van der Waals surface area contributed by atoms with E-state index in [0.717, 1.165) is 11.3 Å². The van der Waals surface area contributed by atoms with Crippen LogP contribution < -0.4 is 14.8 Å². The first-order valence-corrected chi connectivity index (χ1v) is 7.32. The molecule has 2 rings (SSSR count). The molecule has 0 saturated carbocycles. The number of carbonyl (C=O) groups is 1. The number of ether oxygens (including phenoxy) is 2. The van der Waals surface area contributed by atoms with Crippen molar-refractivity contribution in [2.24, 2.45) is 0 Å². The van der Waals surface area contributed by atoms with Gasteiger partial charge < -0.3 is 14.8 Å². The fraction of sp³-hybridized carbons (Fsp3) is 0.211. The highest BCUT2D eigenvalue weighted by Crippen LogP contribution is 2.24. The van der Waals surface area contributed by atoms with Gasteiger partial charge in [-0.15, -0.1) is 0 Å². The molecule has 0 spiro atoms. The van der Waals surface area contributed by atoms with Crippen LogP contribution in [0.5, 0.6) is 11.5 Å². The van der Waals surface area contributed by atoms with Gasteiger partial charge in [-0.2, -0.15) is 0 Å². The van der Waals surface area contributed by atoms with Gasteiger partial charge in [0.25, 0.3) is 0 Å². The molecule has 0 aliphatic rings. The summed E-state index contributed by atoms with van der Waals surface area (Å²) < 4.78 is 10.4. The van der Waals surface area contributed by atoms with Crippen molar-refractivity contribution < 1.29 is 14.3 Å². The van der Waals surface area contributed by atoms with Crippen molar-refractivity contribution in [3.8, 4) is 11.5 Å². The van der Waals surface area contributed by atoms with Gasteiger partial charge in [0.05, 0.1) is 19.8 Å². The molecule has 0 amide bonds. The second-order valence-electron chi connectivity index (χ2n) is 5.23. The first-order chi connectivity index (χ1) is 11.0. The quantitative estimate of drug-likeness (QED) is 0.643. The number of nitrogens with one attached hydrogen (secondary N) is 1. The zero-order valence-corrected chi connectivity index (χ0v) is 13.8. The molecule has 4 nitrogen and oxygen atoms in total. The average Bonchev–Trinajstić information content (AvgIpc) is 2.56. The number of benzene rings is 2. The number of hydrogen-bond acceptors (Lipinski definition) is 4. The molecule has 0 aliphatic carbocycles. The highest BCUT2D eigenvalue weighted by Gasteiger charge is 2.11. The zero-order chi connectivity index (χ0) is 16.8. The minimum absolute atomic E-state index is 0.155. The predicted molar refractivity (Wildman–Crippen MR) is 92.6 cm³/mol. The van der Waals surface area contributed by atoms with E-state index in [1.165, 1.54) is 18.7 Å². The maximum Gasteiger partial charge on any atom is 0.191 e. The second kappa shape index (κ2) is 7.49. The number of anilines is 1. The molecule has 0 aliphatic heterocycles. The van der Waals surface area contributed by atoms with E-state index < -0.39 is 0 Å². The Kier molecular flexibility index (Phi) is 5.41. The lowest BCUT2D eigenvalue weighted by Gasteiger charge is -2.08. The van der Waals surface area contributed by atoms with Crippen LogP contribution in [0.4, 0.5) is 5.69 Å². The molecule has 0 fully saturated rings. The Morgan fingerprint density at radius 2 is 1.83 bits per heavy atom. The Balaban J connectivity index is 2.15. The molecule has 0 atom stereocenters. The predicted octanol–water partition coefficient (Wildman–Crippen LogP) is 4.13. The summed E-state index contributed by atoms with van der Waals surface area (Å²) in [4.78, 5) is 12.4. The molecular weight excluding hydrogens is 290 g/mol. The summed E-state index contributed by atoms with van der Waals surface area (Å²) in [5.74, 6) is 0.981. The molecule has 120 valence electrons. The molecule has 0 unspecified atom stereocenters. The van der Waals surface area contributed by atoms with E-state index in [1.807, 2.05) is 26.0 Å². The van der Waals surface area contributed by atoms with Crippen molar-refractivity contribution in [3.05, 3.63) is 65.4 Å². The van der Waals surface area contributed by atoms with Crippen LogP contribution in [0.1, 0.15) is 21.5 Å². The van der Waals surface area contributed by atoms with Gasteiger partial charge in [-0.25, -0.2) is 0 Å². The summed E-state index contributed by atoms with van der Waals surface area (Å²) in [7, 11) is 3.10. The fourth-order valence-corrected chi connectivity index (χ4v) is 2.28. The highest BCUT2D eigenvalue weighted by molar-refractivity contribution is 6.07. The Labute approximate surface area is 136 Å². The number of methoxy groups -OCH3 is 2. The smallest absolute Gasteiger partial charge is 0.191 e. The van der Waals surface area contributed by atoms with Crippen molar-refractivity contribution in [2.45, 2.75) is 13.8 Å². The molecule has 0 heterocycles. The molecule has 0 saturated heterocycles. The zero-order valence-electron chi connectivity index (χ0n) is 13.8. The molecule has 2 aromatic carbocycles. The standard InChI is InChI=1S/C19H21NO3/c1-13-5-7-17(14(2)11-13)20-10-9-18(21)16-12-15(22-3)6-8-19(16)23-4/h5-12,20H,1-4H3. The van der Waals surface area contributed by atoms with Crippen LogP contribution in [0.2, 0.25) is 0 Å². The van der Waals surface area contributed by atoms with Crippen LogP contribution in [0.25, 0.3) is 0 Å². The maximum absolute atomic E-state index is 12.4. The van der Waals surface area contributed by atoms with Crippen LogP contribution in [-0.2, 0) is 0 Å². The first kappa shape index (κ1) is 16.6.